The molecule has 2 heterocycles. The van der Waals surface area contributed by atoms with Gasteiger partial charge in [0, 0.05) is 11.4 Å². The number of ether oxygens (including phenoxy) is 1. The van der Waals surface area contributed by atoms with Crippen molar-refractivity contribution in [1.29, 1.82) is 0 Å². The van der Waals surface area contributed by atoms with E-state index in [1.807, 2.05) is 5.38 Å². The highest BCUT2D eigenvalue weighted by Gasteiger charge is 2.16. The summed E-state index contributed by atoms with van der Waals surface area (Å²) < 4.78 is 4.81. The molecular formula is C19H17N3O4S2. The first kappa shape index (κ1) is 19.6. The zero-order valence-corrected chi connectivity index (χ0v) is 16.5. The van der Waals surface area contributed by atoms with Crippen molar-refractivity contribution in [2.75, 3.05) is 22.6 Å². The Balaban J connectivity index is 1.63. The maximum absolute atomic E-state index is 12.6. The van der Waals surface area contributed by atoms with Gasteiger partial charge < -0.3 is 15.4 Å². The summed E-state index contributed by atoms with van der Waals surface area (Å²) in [7, 11) is 0. The predicted molar refractivity (Wildman–Crippen MR) is 112 cm³/mol. The maximum Gasteiger partial charge on any atom is 0.411 e. The third kappa shape index (κ3) is 4.96. The van der Waals surface area contributed by atoms with Gasteiger partial charge in [-0.05, 0) is 54.1 Å². The summed E-state index contributed by atoms with van der Waals surface area (Å²) >= 11 is 2.61. The smallest absolute Gasteiger partial charge is 0.411 e. The molecule has 0 aliphatic carbocycles. The summed E-state index contributed by atoms with van der Waals surface area (Å²) in [5, 5.41) is 12.2. The zero-order chi connectivity index (χ0) is 19.9. The van der Waals surface area contributed by atoms with E-state index in [4.69, 9.17) is 4.74 Å². The second-order valence-electron chi connectivity index (χ2n) is 5.47. The van der Waals surface area contributed by atoms with Crippen LogP contribution in [-0.4, -0.2) is 24.5 Å². The molecule has 0 bridgehead atoms. The number of rotatable bonds is 6. The molecule has 3 N–H and O–H groups in total. The Labute approximate surface area is 169 Å². The number of carbonyl (C=O) groups excluding carboxylic acids is 3. The van der Waals surface area contributed by atoms with Gasteiger partial charge in [0.15, 0.2) is 0 Å². The van der Waals surface area contributed by atoms with E-state index in [0.29, 0.717) is 26.8 Å². The lowest BCUT2D eigenvalue weighted by atomic mass is 10.2. The van der Waals surface area contributed by atoms with Crippen molar-refractivity contribution in [1.82, 2.24) is 0 Å². The minimum Gasteiger partial charge on any atom is -0.450 e. The largest absolute Gasteiger partial charge is 0.450 e. The summed E-state index contributed by atoms with van der Waals surface area (Å²) in [5.74, 6) is -0.588. The summed E-state index contributed by atoms with van der Waals surface area (Å²) in [4.78, 5) is 36.8. The fourth-order valence-electron chi connectivity index (χ4n) is 2.28. The number of hydrogen-bond acceptors (Lipinski definition) is 6. The number of thiophene rings is 2. The van der Waals surface area contributed by atoms with Gasteiger partial charge in [-0.3, -0.25) is 14.9 Å². The molecule has 0 spiro atoms. The van der Waals surface area contributed by atoms with Crippen LogP contribution in [0.5, 0.6) is 0 Å². The van der Waals surface area contributed by atoms with E-state index in [9.17, 15) is 14.4 Å². The van der Waals surface area contributed by atoms with Crippen LogP contribution < -0.4 is 16.0 Å². The summed E-state index contributed by atoms with van der Waals surface area (Å²) in [6.45, 7) is 2.01. The lowest BCUT2D eigenvalue weighted by Gasteiger charge is -2.09. The highest BCUT2D eigenvalue weighted by atomic mass is 32.1. The van der Waals surface area contributed by atoms with Crippen LogP contribution in [-0.2, 0) is 4.74 Å². The van der Waals surface area contributed by atoms with Crippen LogP contribution in [0, 0.1) is 0 Å². The average Bonchev–Trinajstić information content (AvgIpc) is 3.35. The van der Waals surface area contributed by atoms with Gasteiger partial charge in [-0.2, -0.15) is 0 Å². The van der Waals surface area contributed by atoms with Crippen LogP contribution in [0.3, 0.4) is 0 Å². The van der Waals surface area contributed by atoms with Gasteiger partial charge in [0.05, 0.1) is 17.0 Å². The lowest BCUT2D eigenvalue weighted by Crippen LogP contribution is -2.16. The molecule has 1 aromatic carbocycles. The number of nitrogens with one attached hydrogen (secondary N) is 3. The van der Waals surface area contributed by atoms with Crippen molar-refractivity contribution in [2.24, 2.45) is 0 Å². The molecule has 0 saturated heterocycles. The van der Waals surface area contributed by atoms with Crippen molar-refractivity contribution in [3.63, 3.8) is 0 Å². The van der Waals surface area contributed by atoms with Gasteiger partial charge >= 0.3 is 6.09 Å². The van der Waals surface area contributed by atoms with Crippen molar-refractivity contribution in [3.8, 4) is 0 Å². The van der Waals surface area contributed by atoms with Crippen LogP contribution >= 0.6 is 22.7 Å². The SMILES string of the molecule is CCOC(=O)Nc1ccc(NC(=O)c2ccsc2NC(=O)c2cccs2)cc1. The van der Waals surface area contributed by atoms with Gasteiger partial charge in [-0.1, -0.05) is 6.07 Å². The number of carbonyl (C=O) groups is 3. The highest BCUT2D eigenvalue weighted by Crippen LogP contribution is 2.26. The molecule has 7 nitrogen and oxygen atoms in total. The van der Waals surface area contributed by atoms with Crippen molar-refractivity contribution in [3.05, 3.63) is 63.7 Å². The maximum atomic E-state index is 12.6. The predicted octanol–water partition coefficient (Wildman–Crippen LogP) is 4.88. The number of amides is 3. The van der Waals surface area contributed by atoms with Gasteiger partial charge in [0.1, 0.15) is 5.00 Å². The lowest BCUT2D eigenvalue weighted by molar-refractivity contribution is 0.102. The quantitative estimate of drug-likeness (QED) is 0.534. The summed E-state index contributed by atoms with van der Waals surface area (Å²) in [5.41, 5.74) is 1.49. The molecule has 2 aromatic heterocycles. The average molecular weight is 415 g/mol. The fourth-order valence-corrected chi connectivity index (χ4v) is 3.68. The second-order valence-corrected chi connectivity index (χ2v) is 7.34. The van der Waals surface area contributed by atoms with Crippen molar-refractivity contribution < 1.29 is 19.1 Å². The number of benzene rings is 1. The van der Waals surface area contributed by atoms with E-state index in [2.05, 4.69) is 16.0 Å². The van der Waals surface area contributed by atoms with Gasteiger partial charge in [-0.15, -0.1) is 22.7 Å². The van der Waals surface area contributed by atoms with E-state index in [0.717, 1.165) is 0 Å². The van der Waals surface area contributed by atoms with Crippen LogP contribution in [0.2, 0.25) is 0 Å². The van der Waals surface area contributed by atoms with Crippen molar-refractivity contribution >= 4 is 57.0 Å². The molecule has 0 aliphatic rings. The fraction of sp³-hybridized carbons (Fsp3) is 0.105. The Bertz CT molecular complexity index is 965. The minimum atomic E-state index is -0.538. The summed E-state index contributed by atoms with van der Waals surface area (Å²) in [6, 6.07) is 11.8. The first-order chi connectivity index (χ1) is 13.6. The zero-order valence-electron chi connectivity index (χ0n) is 14.9. The Hall–Kier alpha value is -3.17. The molecule has 0 saturated carbocycles. The molecule has 0 unspecified atom stereocenters. The summed E-state index contributed by atoms with van der Waals surface area (Å²) in [6.07, 6.45) is -0.538. The molecule has 0 fully saturated rings. The second kappa shape index (κ2) is 9.16. The molecule has 0 radical (unpaired) electrons. The molecule has 0 aliphatic heterocycles. The van der Waals surface area contributed by atoms with E-state index in [1.165, 1.54) is 22.7 Å². The topological polar surface area (TPSA) is 96.5 Å². The molecule has 3 amide bonds. The van der Waals surface area contributed by atoms with Gasteiger partial charge in [-0.25, -0.2) is 4.79 Å². The van der Waals surface area contributed by atoms with Crippen molar-refractivity contribution in [2.45, 2.75) is 6.92 Å². The first-order valence-electron chi connectivity index (χ1n) is 8.34. The van der Waals surface area contributed by atoms with E-state index >= 15 is 0 Å². The Morgan fingerprint density at radius 1 is 0.857 bits per heavy atom. The molecule has 3 aromatic rings. The van der Waals surface area contributed by atoms with Crippen LogP contribution in [0.1, 0.15) is 27.0 Å². The Kier molecular flexibility index (Phi) is 6.41. The van der Waals surface area contributed by atoms with Crippen LogP contribution in [0.4, 0.5) is 21.2 Å². The molecule has 3 rings (SSSR count). The first-order valence-corrected chi connectivity index (χ1v) is 10.1. The highest BCUT2D eigenvalue weighted by molar-refractivity contribution is 7.15. The minimum absolute atomic E-state index is 0.249. The van der Waals surface area contributed by atoms with Crippen LogP contribution in [0.15, 0.2) is 53.2 Å². The molecule has 28 heavy (non-hydrogen) atoms. The standard InChI is InChI=1S/C19H17N3O4S2/c1-2-26-19(25)21-13-7-5-12(6-8-13)20-16(23)14-9-11-28-18(14)22-17(24)15-4-3-10-27-15/h3-11H,2H2,1H3,(H,20,23)(H,21,25)(H,22,24). The molecule has 9 heteroatoms. The van der Waals surface area contributed by atoms with Crippen LogP contribution in [0.25, 0.3) is 0 Å². The van der Waals surface area contributed by atoms with E-state index in [-0.39, 0.29) is 18.4 Å². The van der Waals surface area contributed by atoms with Gasteiger partial charge in [0.2, 0.25) is 0 Å². The monoisotopic (exact) mass is 415 g/mol. The third-order valence-corrected chi connectivity index (χ3v) is 5.24. The number of hydrogen-bond donors (Lipinski definition) is 3. The number of anilines is 3. The van der Waals surface area contributed by atoms with E-state index < -0.39 is 6.09 Å². The van der Waals surface area contributed by atoms with E-state index in [1.54, 1.807) is 54.8 Å². The molecular weight excluding hydrogens is 398 g/mol. The Morgan fingerprint density at radius 2 is 1.57 bits per heavy atom. The molecule has 144 valence electrons. The Morgan fingerprint density at radius 3 is 2.21 bits per heavy atom. The third-order valence-electron chi connectivity index (χ3n) is 3.55. The van der Waals surface area contributed by atoms with Gasteiger partial charge in [0.25, 0.3) is 11.8 Å². The molecule has 0 atom stereocenters. The normalized spacial score (nSPS) is 10.2.